The number of aromatic carboxylic acids is 1. The Morgan fingerprint density at radius 2 is 1.62 bits per heavy atom. The molecule has 0 aliphatic carbocycles. The number of carboxylic acid groups (broad SMARTS) is 1. The number of anilines is 1. The maximum Gasteiger partial charge on any atom is 0.335 e. The molecule has 1 aromatic heterocycles. The van der Waals surface area contributed by atoms with E-state index in [0.717, 1.165) is 22.3 Å². The van der Waals surface area contributed by atoms with Gasteiger partial charge in [0.05, 0.1) is 17.3 Å². The normalized spacial score (nSPS) is 15.1. The molecule has 2 heterocycles. The molecule has 3 aromatic carbocycles. The van der Waals surface area contributed by atoms with E-state index in [9.17, 15) is 19.8 Å². The summed E-state index contributed by atoms with van der Waals surface area (Å²) in [5.41, 5.74) is 5.32. The highest BCUT2D eigenvalue weighted by atomic mass is 16.4. The van der Waals surface area contributed by atoms with Crippen molar-refractivity contribution in [1.29, 1.82) is 0 Å². The number of carbonyl (C=O) groups is 2. The number of aryl methyl sites for hydroxylation is 1. The number of carbonyl (C=O) groups excluding carboxylic acids is 1. The van der Waals surface area contributed by atoms with Crippen molar-refractivity contribution in [3.63, 3.8) is 0 Å². The second kappa shape index (κ2) is 7.39. The summed E-state index contributed by atoms with van der Waals surface area (Å²) in [6.07, 6.45) is 0. The van der Waals surface area contributed by atoms with Gasteiger partial charge in [-0.25, -0.2) is 4.79 Å². The van der Waals surface area contributed by atoms with Gasteiger partial charge in [-0.1, -0.05) is 42.0 Å². The minimum Gasteiger partial charge on any atom is -0.508 e. The van der Waals surface area contributed by atoms with Gasteiger partial charge in [-0.15, -0.1) is 0 Å². The second-order valence-corrected chi connectivity index (χ2v) is 7.75. The Kier molecular flexibility index (Phi) is 4.52. The van der Waals surface area contributed by atoms with Crippen molar-refractivity contribution in [3.8, 4) is 17.0 Å². The van der Waals surface area contributed by atoms with Crippen LogP contribution in [-0.2, 0) is 0 Å². The van der Waals surface area contributed by atoms with E-state index in [0.29, 0.717) is 17.1 Å². The molecule has 4 aromatic rings. The van der Waals surface area contributed by atoms with E-state index in [1.165, 1.54) is 12.1 Å². The van der Waals surface area contributed by atoms with E-state index < -0.39 is 12.0 Å². The zero-order valence-electron chi connectivity index (χ0n) is 17.1. The van der Waals surface area contributed by atoms with Gasteiger partial charge in [0, 0.05) is 16.8 Å². The number of fused-ring (bicyclic) bond motifs is 1. The maximum atomic E-state index is 13.5. The highest BCUT2D eigenvalue weighted by molar-refractivity contribution is 6.11. The SMILES string of the molecule is Cc1ccc(-c2n[nH]c3c2C(c2ccc(O)cc2)N(c2ccc(C(=O)O)cc2)C3=O)cc1. The van der Waals surface area contributed by atoms with Gasteiger partial charge in [0.25, 0.3) is 5.91 Å². The molecule has 0 fully saturated rings. The summed E-state index contributed by atoms with van der Waals surface area (Å²) in [5, 5.41) is 26.4. The van der Waals surface area contributed by atoms with E-state index in [4.69, 9.17) is 0 Å². The van der Waals surface area contributed by atoms with E-state index in [1.807, 2.05) is 31.2 Å². The molecule has 0 saturated heterocycles. The Morgan fingerprint density at radius 3 is 2.25 bits per heavy atom. The summed E-state index contributed by atoms with van der Waals surface area (Å²) >= 11 is 0. The van der Waals surface area contributed by atoms with Crippen LogP contribution < -0.4 is 4.90 Å². The molecule has 0 bridgehead atoms. The molecule has 1 unspecified atom stereocenters. The molecule has 1 aliphatic rings. The predicted octanol–water partition coefficient (Wildman–Crippen LogP) is 4.54. The lowest BCUT2D eigenvalue weighted by molar-refractivity contribution is 0.0696. The van der Waals surface area contributed by atoms with Crippen LogP contribution in [0.2, 0.25) is 0 Å². The average Bonchev–Trinajstić information content (AvgIpc) is 3.34. The van der Waals surface area contributed by atoms with Crippen LogP contribution in [0, 0.1) is 6.92 Å². The smallest absolute Gasteiger partial charge is 0.335 e. The number of hydrogen-bond donors (Lipinski definition) is 3. The first-order chi connectivity index (χ1) is 15.4. The molecule has 1 amide bonds. The van der Waals surface area contributed by atoms with Gasteiger partial charge < -0.3 is 10.2 Å². The predicted molar refractivity (Wildman–Crippen MR) is 119 cm³/mol. The van der Waals surface area contributed by atoms with Crippen LogP contribution in [0.3, 0.4) is 0 Å². The Labute approximate surface area is 183 Å². The maximum absolute atomic E-state index is 13.5. The zero-order valence-corrected chi connectivity index (χ0v) is 17.1. The Bertz CT molecular complexity index is 1320. The molecular formula is C25H19N3O4. The summed E-state index contributed by atoms with van der Waals surface area (Å²) < 4.78 is 0. The van der Waals surface area contributed by atoms with Gasteiger partial charge in [-0.3, -0.25) is 14.8 Å². The van der Waals surface area contributed by atoms with E-state index in [2.05, 4.69) is 10.2 Å². The number of benzene rings is 3. The number of phenolic OH excluding ortho intramolecular Hbond substituents is 1. The van der Waals surface area contributed by atoms with E-state index >= 15 is 0 Å². The Balaban J connectivity index is 1.68. The Morgan fingerprint density at radius 1 is 0.969 bits per heavy atom. The summed E-state index contributed by atoms with van der Waals surface area (Å²) in [7, 11) is 0. The molecule has 7 heteroatoms. The van der Waals surface area contributed by atoms with Crippen molar-refractivity contribution in [2.75, 3.05) is 4.90 Å². The Hall–Kier alpha value is -4.39. The first-order valence-corrected chi connectivity index (χ1v) is 10.0. The number of phenols is 1. The molecule has 5 rings (SSSR count). The highest BCUT2D eigenvalue weighted by Gasteiger charge is 2.43. The number of hydrogen-bond acceptors (Lipinski definition) is 4. The van der Waals surface area contributed by atoms with Crippen molar-refractivity contribution >= 4 is 17.6 Å². The molecule has 0 spiro atoms. The number of nitrogens with zero attached hydrogens (tertiary/aromatic N) is 2. The summed E-state index contributed by atoms with van der Waals surface area (Å²) in [4.78, 5) is 26.3. The van der Waals surface area contributed by atoms with Gasteiger partial charge >= 0.3 is 5.97 Å². The fourth-order valence-corrected chi connectivity index (χ4v) is 4.08. The minimum atomic E-state index is -1.03. The number of amides is 1. The zero-order chi connectivity index (χ0) is 22.4. The van der Waals surface area contributed by atoms with E-state index in [1.54, 1.807) is 41.3 Å². The van der Waals surface area contributed by atoms with Gasteiger partial charge in [0.15, 0.2) is 0 Å². The monoisotopic (exact) mass is 425 g/mol. The first kappa shape index (κ1) is 19.6. The van der Waals surface area contributed by atoms with E-state index in [-0.39, 0.29) is 17.2 Å². The standard InChI is InChI=1S/C25H19N3O4/c1-14-2-4-15(5-3-14)21-20-22(27-26-21)24(30)28(18-10-6-17(7-11-18)25(31)32)23(20)16-8-12-19(29)13-9-16/h2-13,23,29H,1H3,(H,26,27)(H,31,32). The van der Waals surface area contributed by atoms with Crippen molar-refractivity contribution in [2.24, 2.45) is 0 Å². The number of carboxylic acids is 1. The number of nitrogens with one attached hydrogen (secondary N) is 1. The molecule has 32 heavy (non-hydrogen) atoms. The fourth-order valence-electron chi connectivity index (χ4n) is 4.08. The van der Waals surface area contributed by atoms with Crippen LogP contribution in [0.4, 0.5) is 5.69 Å². The quantitative estimate of drug-likeness (QED) is 0.445. The van der Waals surface area contributed by atoms with Crippen LogP contribution in [0.5, 0.6) is 5.75 Å². The van der Waals surface area contributed by atoms with Crippen LogP contribution in [-0.4, -0.2) is 32.3 Å². The van der Waals surface area contributed by atoms with Crippen LogP contribution >= 0.6 is 0 Å². The second-order valence-electron chi connectivity index (χ2n) is 7.75. The molecule has 1 aliphatic heterocycles. The van der Waals surface area contributed by atoms with Crippen LogP contribution in [0.25, 0.3) is 11.3 Å². The third kappa shape index (κ3) is 3.11. The lowest BCUT2D eigenvalue weighted by atomic mass is 9.95. The number of H-pyrrole nitrogens is 1. The minimum absolute atomic E-state index is 0.126. The van der Waals surface area contributed by atoms with Crippen LogP contribution in [0.15, 0.2) is 72.8 Å². The van der Waals surface area contributed by atoms with Crippen molar-refractivity contribution in [3.05, 3.63) is 101 Å². The number of aromatic hydroxyl groups is 1. The average molecular weight is 425 g/mol. The van der Waals surface area contributed by atoms with Gasteiger partial charge in [-0.2, -0.15) is 5.10 Å². The van der Waals surface area contributed by atoms with Gasteiger partial charge in [0.2, 0.25) is 0 Å². The first-order valence-electron chi connectivity index (χ1n) is 10.0. The molecule has 3 N–H and O–H groups in total. The van der Waals surface area contributed by atoms with Gasteiger partial charge in [0.1, 0.15) is 11.4 Å². The van der Waals surface area contributed by atoms with Crippen molar-refractivity contribution in [1.82, 2.24) is 10.2 Å². The summed E-state index contributed by atoms with van der Waals surface area (Å²) in [6, 6.07) is 20.3. The molecular weight excluding hydrogens is 406 g/mol. The van der Waals surface area contributed by atoms with Crippen LogP contribution in [0.1, 0.15) is 43.6 Å². The summed E-state index contributed by atoms with van der Waals surface area (Å²) in [5.74, 6) is -1.16. The molecule has 1 atom stereocenters. The largest absolute Gasteiger partial charge is 0.508 e. The third-order valence-electron chi connectivity index (χ3n) is 5.69. The number of rotatable bonds is 4. The number of aromatic amines is 1. The molecule has 0 saturated carbocycles. The fraction of sp³-hybridized carbons (Fsp3) is 0.0800. The van der Waals surface area contributed by atoms with Gasteiger partial charge in [-0.05, 0) is 48.9 Å². The third-order valence-corrected chi connectivity index (χ3v) is 5.69. The van der Waals surface area contributed by atoms with Crippen molar-refractivity contribution in [2.45, 2.75) is 13.0 Å². The topological polar surface area (TPSA) is 107 Å². The number of aromatic nitrogens is 2. The highest BCUT2D eigenvalue weighted by Crippen LogP contribution is 2.45. The molecule has 0 radical (unpaired) electrons. The lowest BCUT2D eigenvalue weighted by Gasteiger charge is -2.26. The summed E-state index contributed by atoms with van der Waals surface area (Å²) in [6.45, 7) is 2.00. The lowest BCUT2D eigenvalue weighted by Crippen LogP contribution is -2.29. The molecule has 158 valence electrons. The molecule has 7 nitrogen and oxygen atoms in total. The van der Waals surface area contributed by atoms with Crippen molar-refractivity contribution < 1.29 is 19.8 Å².